The van der Waals surface area contributed by atoms with Gasteiger partial charge in [0.25, 0.3) is 0 Å². The summed E-state index contributed by atoms with van der Waals surface area (Å²) in [5.41, 5.74) is 7.16. The first-order chi connectivity index (χ1) is 11.6. The number of halogens is 1. The Bertz CT molecular complexity index is 657. The predicted molar refractivity (Wildman–Crippen MR) is 106 cm³/mol. The molecule has 0 bridgehead atoms. The smallest absolute Gasteiger partial charge is 0.478 e. The van der Waals surface area contributed by atoms with Crippen molar-refractivity contribution in [1.82, 2.24) is 0 Å². The van der Waals surface area contributed by atoms with E-state index in [1.165, 1.54) is 57.1 Å². The van der Waals surface area contributed by atoms with Crippen LogP contribution in [0.15, 0.2) is 46.6 Å². The molecule has 0 heterocycles. The quantitative estimate of drug-likeness (QED) is 0.421. The number of rotatable bonds is 1. The van der Waals surface area contributed by atoms with Gasteiger partial charge in [-0.3, -0.25) is 0 Å². The molecule has 3 aliphatic carbocycles. The molecular formula is C23H30FO2Ti. The molecule has 2 nitrogen and oxygen atoms in total. The van der Waals surface area contributed by atoms with E-state index in [1.807, 2.05) is 0 Å². The molecule has 0 saturated carbocycles. The topological polar surface area (TPSA) is 37.3 Å². The Morgan fingerprint density at radius 1 is 1.04 bits per heavy atom. The monoisotopic (exact) mass is 405 g/mol. The van der Waals surface area contributed by atoms with Gasteiger partial charge in [-0.2, -0.15) is 5.57 Å². The number of carboxylic acids is 1. The molecule has 1 atom stereocenters. The average molecular weight is 405 g/mol. The number of hydrogen-bond donors (Lipinski definition) is 1. The minimum atomic E-state index is -1.04. The van der Waals surface area contributed by atoms with Crippen LogP contribution in [0.5, 0.6) is 0 Å². The molecule has 1 aromatic carbocycles. The van der Waals surface area contributed by atoms with Gasteiger partial charge in [0.15, 0.2) is 0 Å². The summed E-state index contributed by atoms with van der Waals surface area (Å²) >= 11 is 0. The van der Waals surface area contributed by atoms with Crippen LogP contribution in [0.2, 0.25) is 0 Å². The summed E-state index contributed by atoms with van der Waals surface area (Å²) < 4.78 is 12.2. The van der Waals surface area contributed by atoms with E-state index in [1.54, 1.807) is 22.3 Å². The summed E-state index contributed by atoms with van der Waals surface area (Å²) in [6.45, 7) is 2.42. The van der Waals surface area contributed by atoms with Crippen LogP contribution in [-0.2, 0) is 21.7 Å². The molecule has 0 aromatic heterocycles. The molecule has 1 radical (unpaired) electrons. The number of benzene rings is 1. The van der Waals surface area contributed by atoms with Crippen molar-refractivity contribution in [3.8, 4) is 0 Å². The molecule has 0 spiro atoms. The summed E-state index contributed by atoms with van der Waals surface area (Å²) in [4.78, 5) is 10.2. The second-order valence-electron chi connectivity index (χ2n) is 6.77. The minimum Gasteiger partial charge on any atom is -0.478 e. The molecule has 4 heteroatoms. The Morgan fingerprint density at radius 3 is 2.26 bits per heavy atom. The third kappa shape index (κ3) is 5.83. The van der Waals surface area contributed by atoms with E-state index in [9.17, 15) is 9.18 Å². The third-order valence-corrected chi connectivity index (χ3v) is 5.30. The number of aromatic carboxylic acids is 1. The van der Waals surface area contributed by atoms with E-state index in [-0.39, 0.29) is 42.1 Å². The fourth-order valence-corrected chi connectivity index (χ4v) is 4.10. The van der Waals surface area contributed by atoms with Crippen LogP contribution in [0, 0.1) is 33.0 Å². The maximum atomic E-state index is 12.2. The zero-order chi connectivity index (χ0) is 17.1. The molecule has 0 amide bonds. The van der Waals surface area contributed by atoms with E-state index in [2.05, 4.69) is 13.3 Å². The van der Waals surface area contributed by atoms with Gasteiger partial charge in [-0.05, 0) is 49.4 Å². The Morgan fingerprint density at radius 2 is 1.63 bits per heavy atom. The molecule has 1 unspecified atom stereocenters. The number of fused-ring (bicyclic) bond motifs is 1. The van der Waals surface area contributed by atoms with E-state index >= 15 is 0 Å². The van der Waals surface area contributed by atoms with Crippen LogP contribution in [0.1, 0.15) is 62.2 Å². The van der Waals surface area contributed by atoms with Crippen molar-refractivity contribution in [1.29, 1.82) is 0 Å². The van der Waals surface area contributed by atoms with Crippen molar-refractivity contribution in [2.24, 2.45) is 5.92 Å². The molecule has 0 saturated heterocycles. The van der Waals surface area contributed by atoms with Gasteiger partial charge in [0.05, 0.1) is 5.56 Å². The molecule has 0 fully saturated rings. The summed E-state index contributed by atoms with van der Waals surface area (Å²) in [7, 11) is 0. The largest absolute Gasteiger partial charge is 3.00 e. The van der Waals surface area contributed by atoms with E-state index < -0.39 is 11.8 Å². The van der Waals surface area contributed by atoms with Crippen molar-refractivity contribution < 1.29 is 36.0 Å². The fraction of sp³-hybridized carbons (Fsp3) is 0.391. The first-order valence-corrected chi connectivity index (χ1v) is 8.85. The van der Waals surface area contributed by atoms with Crippen LogP contribution in [0.3, 0.4) is 0 Å². The van der Waals surface area contributed by atoms with Gasteiger partial charge in [0.2, 0.25) is 0 Å². The second-order valence-corrected chi connectivity index (χ2v) is 6.77. The Hall–Kier alpha value is -1.32. The van der Waals surface area contributed by atoms with Crippen molar-refractivity contribution in [3.05, 3.63) is 79.2 Å². The first-order valence-electron chi connectivity index (χ1n) is 8.85. The zero-order valence-electron chi connectivity index (χ0n) is 16.6. The van der Waals surface area contributed by atoms with E-state index in [4.69, 9.17) is 5.11 Å². The van der Waals surface area contributed by atoms with Crippen LogP contribution in [0.25, 0.3) is 0 Å². The Balaban J connectivity index is 0.000000473. The van der Waals surface area contributed by atoms with Crippen LogP contribution >= 0.6 is 0 Å². The summed E-state index contributed by atoms with van der Waals surface area (Å²) in [6, 6.07) is 4.67. The second kappa shape index (κ2) is 11.5. The van der Waals surface area contributed by atoms with Gasteiger partial charge in [0, 0.05) is 0 Å². The summed E-state index contributed by atoms with van der Waals surface area (Å²) in [6.07, 6.45) is 12.2. The zero-order valence-corrected chi connectivity index (χ0v) is 18.2. The maximum absolute atomic E-state index is 12.2. The molecule has 0 aliphatic heterocycles. The van der Waals surface area contributed by atoms with Crippen molar-refractivity contribution in [2.45, 2.75) is 51.9 Å². The standard InChI is InChI=1S/C14H19.C7H5FO2.2CH3.Ti/c1-10-11-6-2-4-8-13(11)14-9-5-3-7-12(10)14;8-6-3-1-5(2-4-6)7(9)10;;;/h6,10H,2-5,7-9H2,1H3;1-4H,(H,9,10);2*1H3;/q-1;;2*-1;+3. The molecule has 1 aromatic rings. The fourth-order valence-electron chi connectivity index (χ4n) is 4.10. The van der Waals surface area contributed by atoms with Gasteiger partial charge in [0.1, 0.15) is 5.82 Å². The first kappa shape index (κ1) is 25.7. The number of allylic oxidation sites excluding steroid dienone is 4. The molecule has 1 N–H and O–H groups in total. The maximum Gasteiger partial charge on any atom is 3.00 e. The third-order valence-electron chi connectivity index (χ3n) is 5.30. The molecule has 27 heavy (non-hydrogen) atoms. The minimum absolute atomic E-state index is 0. The summed E-state index contributed by atoms with van der Waals surface area (Å²) in [5.74, 6) is -0.689. The molecule has 145 valence electrons. The van der Waals surface area contributed by atoms with E-state index in [0.717, 1.165) is 18.1 Å². The number of hydrogen-bond acceptors (Lipinski definition) is 1. The van der Waals surface area contributed by atoms with Crippen molar-refractivity contribution >= 4 is 5.97 Å². The van der Waals surface area contributed by atoms with Crippen molar-refractivity contribution in [2.75, 3.05) is 0 Å². The average Bonchev–Trinajstić information content (AvgIpc) is 2.90. The summed E-state index contributed by atoms with van der Waals surface area (Å²) in [5, 5.41) is 8.35. The van der Waals surface area contributed by atoms with E-state index in [0.29, 0.717) is 0 Å². The Kier molecular flexibility index (Phi) is 10.9. The van der Waals surface area contributed by atoms with Crippen LogP contribution < -0.4 is 0 Å². The normalized spacial score (nSPS) is 19.7. The Labute approximate surface area is 178 Å². The molecule has 3 aliphatic rings. The van der Waals surface area contributed by atoms with Crippen molar-refractivity contribution in [3.63, 3.8) is 0 Å². The van der Waals surface area contributed by atoms with Crippen LogP contribution in [0.4, 0.5) is 4.39 Å². The van der Waals surface area contributed by atoms with Gasteiger partial charge in [-0.1, -0.05) is 31.8 Å². The molecular weight excluding hydrogens is 375 g/mol. The van der Waals surface area contributed by atoms with Gasteiger partial charge in [-0.25, -0.2) is 21.2 Å². The van der Waals surface area contributed by atoms with Gasteiger partial charge < -0.3 is 20.0 Å². The van der Waals surface area contributed by atoms with Gasteiger partial charge >= 0.3 is 27.7 Å². The molecule has 4 rings (SSSR count). The predicted octanol–water partition coefficient (Wildman–Crippen LogP) is 6.61. The number of carbonyl (C=O) groups is 1. The van der Waals surface area contributed by atoms with Crippen LogP contribution in [-0.4, -0.2) is 11.1 Å². The number of carboxylic acid groups (broad SMARTS) is 1. The van der Waals surface area contributed by atoms with Gasteiger partial charge in [-0.15, -0.1) is 12.0 Å². The SMILES string of the molecule is CC1C2=C(CCC[CH-]2)C2=C1CCCC2.O=C(O)c1ccc(F)cc1.[CH3-].[CH3-].[Ti+3].